The first-order chi connectivity index (χ1) is 4.00. The molecule has 0 aliphatic heterocycles. The molecule has 0 aromatic rings. The van der Waals surface area contributed by atoms with Gasteiger partial charge in [-0.05, 0) is 0 Å². The zero-order chi connectivity index (χ0) is 9.00. The second-order valence-electron chi connectivity index (χ2n) is 1.03. The van der Waals surface area contributed by atoms with Crippen LogP contribution in [0.2, 0.25) is 0 Å². The standard InChI is InChI=1S/2K.2H3O4P.2H2O.2H/c;;2*1-5(2,3)4;;;;/h;;2*(H3,1,2,3,4);2*1H2;;. The summed E-state index contributed by atoms with van der Waals surface area (Å²) in [4.78, 5) is 43.1. The minimum atomic E-state index is -4.64. The Morgan fingerprint density at radius 1 is 0.571 bits per heavy atom. The molecule has 0 fully saturated rings. The summed E-state index contributed by atoms with van der Waals surface area (Å²) in [5.74, 6) is 0. The van der Waals surface area contributed by atoms with E-state index in [9.17, 15) is 0 Å². The van der Waals surface area contributed by atoms with Crippen molar-refractivity contribution in [3.05, 3.63) is 0 Å². The van der Waals surface area contributed by atoms with Crippen LogP contribution in [0.3, 0.4) is 0 Å². The third-order valence-electron chi connectivity index (χ3n) is 0. The van der Waals surface area contributed by atoms with Crippen molar-refractivity contribution in [2.45, 2.75) is 0 Å². The van der Waals surface area contributed by atoms with E-state index in [4.69, 9.17) is 38.5 Å². The monoisotopic (exact) mass is 312 g/mol. The Morgan fingerprint density at radius 3 is 0.571 bits per heavy atom. The van der Waals surface area contributed by atoms with Crippen molar-refractivity contribution in [3.8, 4) is 0 Å². The molecule has 0 aliphatic rings. The molecule has 10 nitrogen and oxygen atoms in total. The van der Waals surface area contributed by atoms with Gasteiger partial charge >= 0.3 is 118 Å². The number of hydrogen-bond acceptors (Lipinski definition) is 2. The summed E-state index contributed by atoms with van der Waals surface area (Å²) in [5.41, 5.74) is 0. The van der Waals surface area contributed by atoms with Gasteiger partial charge in [0.15, 0.2) is 0 Å². The molecule has 0 spiro atoms. The average molecular weight is 312 g/mol. The van der Waals surface area contributed by atoms with Crippen molar-refractivity contribution < 1.29 is 49.4 Å². The summed E-state index contributed by atoms with van der Waals surface area (Å²) in [6.45, 7) is 0. The van der Waals surface area contributed by atoms with Gasteiger partial charge < -0.3 is 40.3 Å². The fourth-order valence-electron chi connectivity index (χ4n) is 0. The second-order valence-corrected chi connectivity index (χ2v) is 3.08. The third kappa shape index (κ3) is 275. The summed E-state index contributed by atoms with van der Waals surface area (Å²) in [6.07, 6.45) is 0. The fourth-order valence-corrected chi connectivity index (χ4v) is 0. The van der Waals surface area contributed by atoms with Crippen LogP contribution in [-0.4, -0.2) is 143 Å². The van der Waals surface area contributed by atoms with Gasteiger partial charge in [0.1, 0.15) is 0 Å². The van der Waals surface area contributed by atoms with Crippen molar-refractivity contribution >= 4 is 118 Å². The van der Waals surface area contributed by atoms with Crippen LogP contribution in [0.5, 0.6) is 0 Å². The minimum absolute atomic E-state index is 0. The average Bonchev–Trinajstić information content (AvgIpc) is 1.12. The Hall–Kier alpha value is 3.41. The first kappa shape index (κ1) is 36.0. The summed E-state index contributed by atoms with van der Waals surface area (Å²) in [6, 6.07) is 0. The van der Waals surface area contributed by atoms with E-state index < -0.39 is 15.6 Å². The van der Waals surface area contributed by atoms with Crippen LogP contribution >= 0.6 is 15.6 Å². The van der Waals surface area contributed by atoms with Gasteiger partial charge in [0.05, 0.1) is 0 Å². The van der Waals surface area contributed by atoms with Gasteiger partial charge in [-0.3, -0.25) is 0 Å². The van der Waals surface area contributed by atoms with E-state index in [-0.39, 0.29) is 114 Å². The van der Waals surface area contributed by atoms with Crippen LogP contribution in [0.4, 0.5) is 0 Å². The second kappa shape index (κ2) is 16.4. The van der Waals surface area contributed by atoms with Gasteiger partial charge in [-0.1, -0.05) is 0 Å². The summed E-state index contributed by atoms with van der Waals surface area (Å²) in [7, 11) is -9.28. The van der Waals surface area contributed by atoms with Gasteiger partial charge in [-0.2, -0.15) is 0 Å². The molecule has 0 rings (SSSR count). The molecule has 10 N–H and O–H groups in total. The van der Waals surface area contributed by atoms with Crippen LogP contribution in [0, 0.1) is 0 Å². The van der Waals surface area contributed by atoms with Crippen molar-refractivity contribution in [2.75, 3.05) is 0 Å². The van der Waals surface area contributed by atoms with E-state index >= 15 is 0 Å². The Balaban J connectivity index is -0.0000000178. The van der Waals surface area contributed by atoms with Gasteiger partial charge in [-0.15, -0.1) is 0 Å². The van der Waals surface area contributed by atoms with E-state index in [0.717, 1.165) is 0 Å². The fraction of sp³-hybridized carbons (Fsp3) is 0. The van der Waals surface area contributed by atoms with Crippen molar-refractivity contribution in [1.29, 1.82) is 0 Å². The molecular formula is H12K2O10P2. The van der Waals surface area contributed by atoms with Crippen LogP contribution in [0.25, 0.3) is 0 Å². The van der Waals surface area contributed by atoms with Crippen LogP contribution in [0.1, 0.15) is 0 Å². The SMILES string of the molecule is O.O.O=P(O)(O)O.O=P(O)(O)O.[KH].[KH]. The van der Waals surface area contributed by atoms with E-state index in [1.165, 1.54) is 0 Å². The molecule has 0 saturated carbocycles. The summed E-state index contributed by atoms with van der Waals surface area (Å²) in [5, 5.41) is 0. The van der Waals surface area contributed by atoms with Gasteiger partial charge in [-0.25, -0.2) is 9.13 Å². The van der Waals surface area contributed by atoms with Crippen LogP contribution < -0.4 is 0 Å². The summed E-state index contributed by atoms with van der Waals surface area (Å²) < 4.78 is 17.8. The molecule has 84 valence electrons. The Kier molecular flexibility index (Phi) is 42.2. The predicted octanol–water partition coefficient (Wildman–Crippen LogP) is -4.80. The molecule has 0 aromatic heterocycles. The van der Waals surface area contributed by atoms with Crippen molar-refractivity contribution in [1.82, 2.24) is 0 Å². The van der Waals surface area contributed by atoms with Gasteiger partial charge in [0.25, 0.3) is 0 Å². The molecule has 0 unspecified atom stereocenters. The molecule has 0 radical (unpaired) electrons. The number of hydrogen-bond donors (Lipinski definition) is 6. The molecule has 0 amide bonds. The molecule has 0 atom stereocenters. The Bertz CT molecular complexity index is 128. The Labute approximate surface area is 164 Å². The van der Waals surface area contributed by atoms with E-state index in [2.05, 4.69) is 0 Å². The van der Waals surface area contributed by atoms with Gasteiger partial charge in [0.2, 0.25) is 0 Å². The quantitative estimate of drug-likeness (QED) is 0.188. The maximum absolute atomic E-state index is 8.88. The zero-order valence-electron chi connectivity index (χ0n) is 5.39. The summed E-state index contributed by atoms with van der Waals surface area (Å²) >= 11 is 0. The van der Waals surface area contributed by atoms with E-state index in [0.29, 0.717) is 0 Å². The van der Waals surface area contributed by atoms with Crippen molar-refractivity contribution in [3.63, 3.8) is 0 Å². The first-order valence-electron chi connectivity index (χ1n) is 1.57. The molecule has 14 heteroatoms. The number of phosphoric acid groups is 2. The van der Waals surface area contributed by atoms with E-state index in [1.54, 1.807) is 0 Å². The molecule has 0 heterocycles. The molecular weight excluding hydrogens is 300 g/mol. The maximum atomic E-state index is 8.88. The molecule has 14 heavy (non-hydrogen) atoms. The van der Waals surface area contributed by atoms with Crippen molar-refractivity contribution in [2.24, 2.45) is 0 Å². The van der Waals surface area contributed by atoms with Crippen LogP contribution in [-0.2, 0) is 9.13 Å². The Morgan fingerprint density at radius 2 is 0.571 bits per heavy atom. The van der Waals surface area contributed by atoms with E-state index in [1.807, 2.05) is 0 Å². The normalized spacial score (nSPS) is 8.43. The van der Waals surface area contributed by atoms with Gasteiger partial charge in [0, 0.05) is 0 Å². The first-order valence-corrected chi connectivity index (χ1v) is 4.70. The zero-order valence-corrected chi connectivity index (χ0v) is 7.18. The molecule has 0 aliphatic carbocycles. The number of rotatable bonds is 0. The topological polar surface area (TPSA) is 219 Å². The molecule has 0 aromatic carbocycles. The van der Waals surface area contributed by atoms with Crippen LogP contribution in [0.15, 0.2) is 0 Å². The molecule has 0 bridgehead atoms. The third-order valence-corrected chi connectivity index (χ3v) is 0. The molecule has 0 saturated heterocycles. The predicted molar refractivity (Wildman–Crippen MR) is 50.1 cm³/mol.